The molecule has 2 rings (SSSR count). The van der Waals surface area contributed by atoms with Gasteiger partial charge in [-0.2, -0.15) is 0 Å². The third-order valence-electron chi connectivity index (χ3n) is 2.39. The fourth-order valence-electron chi connectivity index (χ4n) is 1.80. The molecule has 0 fully saturated rings. The third-order valence-corrected chi connectivity index (χ3v) is 3.00. The predicted molar refractivity (Wildman–Crippen MR) is 66.8 cm³/mol. The first kappa shape index (κ1) is 11.4. The van der Waals surface area contributed by atoms with E-state index in [0.717, 1.165) is 5.52 Å². The Balaban J connectivity index is 2.84. The van der Waals surface area contributed by atoms with Gasteiger partial charge in [0.25, 0.3) is 0 Å². The van der Waals surface area contributed by atoms with Gasteiger partial charge in [0.05, 0.1) is 15.5 Å². The largest absolute Gasteiger partial charge is 0.369 e. The highest BCUT2D eigenvalue weighted by atomic mass is 79.9. The van der Waals surface area contributed by atoms with Gasteiger partial charge in [0, 0.05) is 11.6 Å². The molecule has 0 amide bonds. The number of fused-ring (bicyclic) bond motifs is 1. The van der Waals surface area contributed by atoms with Crippen molar-refractivity contribution in [2.45, 2.75) is 26.3 Å². The molecular formula is C11H13BrFN3. The minimum Gasteiger partial charge on any atom is -0.369 e. The summed E-state index contributed by atoms with van der Waals surface area (Å²) in [6.07, 6.45) is 0. The molecule has 1 aromatic heterocycles. The van der Waals surface area contributed by atoms with Crippen LogP contribution in [0.5, 0.6) is 0 Å². The number of nitrogen functional groups attached to an aromatic ring is 1. The summed E-state index contributed by atoms with van der Waals surface area (Å²) in [5.74, 6) is 0.0751. The van der Waals surface area contributed by atoms with E-state index in [0.29, 0.717) is 15.9 Å². The summed E-state index contributed by atoms with van der Waals surface area (Å²) in [6, 6.07) is 3.09. The summed E-state index contributed by atoms with van der Waals surface area (Å²) >= 11 is 3.17. The molecule has 5 heteroatoms. The van der Waals surface area contributed by atoms with Gasteiger partial charge in [-0.3, -0.25) is 0 Å². The molecule has 0 saturated heterocycles. The summed E-state index contributed by atoms with van der Waals surface area (Å²) < 4.78 is 15.7. The molecule has 0 aliphatic carbocycles. The lowest BCUT2D eigenvalue weighted by Gasteiger charge is -2.23. The SMILES string of the molecule is CC(C)(C)n1c(N)nc2cc(F)c(Br)cc21. The Hall–Kier alpha value is -1.10. The quantitative estimate of drug-likeness (QED) is 0.807. The van der Waals surface area contributed by atoms with Crippen molar-refractivity contribution < 1.29 is 4.39 Å². The Bertz CT molecular complexity index is 554. The zero-order valence-electron chi connectivity index (χ0n) is 9.38. The number of halogens is 2. The van der Waals surface area contributed by atoms with E-state index >= 15 is 0 Å². The number of rotatable bonds is 0. The second-order valence-electron chi connectivity index (χ2n) is 4.73. The molecule has 0 radical (unpaired) electrons. The van der Waals surface area contributed by atoms with Gasteiger partial charge in [0.15, 0.2) is 0 Å². The number of nitrogens with two attached hydrogens (primary N) is 1. The van der Waals surface area contributed by atoms with E-state index in [9.17, 15) is 4.39 Å². The second kappa shape index (κ2) is 3.45. The maximum absolute atomic E-state index is 13.3. The number of benzene rings is 1. The average molecular weight is 286 g/mol. The van der Waals surface area contributed by atoms with Crippen LogP contribution in [0.2, 0.25) is 0 Å². The smallest absolute Gasteiger partial charge is 0.201 e. The molecule has 2 N–H and O–H groups in total. The standard InChI is InChI=1S/C11H13BrFN3/c1-11(2,3)16-9-4-6(12)7(13)5-8(9)15-10(16)14/h4-5H,1-3H3,(H2,14,15). The summed E-state index contributed by atoms with van der Waals surface area (Å²) in [7, 11) is 0. The zero-order valence-corrected chi connectivity index (χ0v) is 11.0. The van der Waals surface area contributed by atoms with E-state index in [1.54, 1.807) is 6.07 Å². The lowest BCUT2D eigenvalue weighted by Crippen LogP contribution is -2.23. The van der Waals surface area contributed by atoms with Crippen LogP contribution < -0.4 is 5.73 Å². The van der Waals surface area contributed by atoms with Crippen molar-refractivity contribution in [1.29, 1.82) is 0 Å². The number of aromatic nitrogens is 2. The van der Waals surface area contributed by atoms with Crippen LogP contribution in [0, 0.1) is 5.82 Å². The Morgan fingerprint density at radius 2 is 2.00 bits per heavy atom. The van der Waals surface area contributed by atoms with E-state index < -0.39 is 0 Å². The van der Waals surface area contributed by atoms with E-state index in [1.807, 2.05) is 25.3 Å². The van der Waals surface area contributed by atoms with Gasteiger partial charge in [0.2, 0.25) is 5.95 Å². The van der Waals surface area contributed by atoms with E-state index in [-0.39, 0.29) is 11.4 Å². The van der Waals surface area contributed by atoms with Crippen LogP contribution in [0.3, 0.4) is 0 Å². The number of hydrogen-bond donors (Lipinski definition) is 1. The van der Waals surface area contributed by atoms with Gasteiger partial charge in [0.1, 0.15) is 5.82 Å². The van der Waals surface area contributed by atoms with E-state index in [1.165, 1.54) is 6.07 Å². The van der Waals surface area contributed by atoms with Gasteiger partial charge >= 0.3 is 0 Å². The molecule has 0 unspecified atom stereocenters. The number of imidazole rings is 1. The zero-order chi connectivity index (χ0) is 12.1. The van der Waals surface area contributed by atoms with Crippen molar-refractivity contribution in [3.63, 3.8) is 0 Å². The maximum Gasteiger partial charge on any atom is 0.201 e. The van der Waals surface area contributed by atoms with Crippen LogP contribution in [0.4, 0.5) is 10.3 Å². The number of anilines is 1. The average Bonchev–Trinajstić information content (AvgIpc) is 2.40. The van der Waals surface area contributed by atoms with Gasteiger partial charge in [-0.1, -0.05) is 0 Å². The highest BCUT2D eigenvalue weighted by Crippen LogP contribution is 2.29. The maximum atomic E-state index is 13.3. The first-order valence-corrected chi connectivity index (χ1v) is 5.73. The van der Waals surface area contributed by atoms with Crippen molar-refractivity contribution in [2.24, 2.45) is 0 Å². The van der Waals surface area contributed by atoms with Crippen LogP contribution in [0.1, 0.15) is 20.8 Å². The van der Waals surface area contributed by atoms with Gasteiger partial charge in [-0.15, -0.1) is 0 Å². The highest BCUT2D eigenvalue weighted by molar-refractivity contribution is 9.10. The monoisotopic (exact) mass is 285 g/mol. The molecule has 0 bridgehead atoms. The van der Waals surface area contributed by atoms with Crippen LogP contribution in [0.15, 0.2) is 16.6 Å². The van der Waals surface area contributed by atoms with Crippen LogP contribution >= 0.6 is 15.9 Å². The van der Waals surface area contributed by atoms with Crippen molar-refractivity contribution in [3.8, 4) is 0 Å². The molecular weight excluding hydrogens is 273 g/mol. The van der Waals surface area contributed by atoms with Crippen LogP contribution in [-0.4, -0.2) is 9.55 Å². The van der Waals surface area contributed by atoms with E-state index in [2.05, 4.69) is 20.9 Å². The second-order valence-corrected chi connectivity index (χ2v) is 5.59. The van der Waals surface area contributed by atoms with Crippen LogP contribution in [0.25, 0.3) is 11.0 Å². The molecule has 0 saturated carbocycles. The Labute approximate surface area is 102 Å². The molecule has 1 aromatic carbocycles. The summed E-state index contributed by atoms with van der Waals surface area (Å²) in [5.41, 5.74) is 7.08. The summed E-state index contributed by atoms with van der Waals surface area (Å²) in [5, 5.41) is 0. The third kappa shape index (κ3) is 1.69. The molecule has 16 heavy (non-hydrogen) atoms. The van der Waals surface area contributed by atoms with Gasteiger partial charge in [-0.05, 0) is 42.8 Å². The van der Waals surface area contributed by atoms with Crippen molar-refractivity contribution in [3.05, 3.63) is 22.4 Å². The first-order chi connectivity index (χ1) is 7.30. The minimum absolute atomic E-state index is 0.184. The fourth-order valence-corrected chi connectivity index (χ4v) is 2.13. The minimum atomic E-state index is -0.328. The molecule has 2 aromatic rings. The summed E-state index contributed by atoms with van der Waals surface area (Å²) in [4.78, 5) is 4.16. The normalized spacial score (nSPS) is 12.3. The summed E-state index contributed by atoms with van der Waals surface area (Å²) in [6.45, 7) is 6.09. The highest BCUT2D eigenvalue weighted by Gasteiger charge is 2.20. The lowest BCUT2D eigenvalue weighted by atomic mass is 10.1. The Morgan fingerprint density at radius 3 is 2.56 bits per heavy atom. The van der Waals surface area contributed by atoms with Gasteiger partial charge in [-0.25, -0.2) is 9.37 Å². The fraction of sp³-hybridized carbons (Fsp3) is 0.364. The molecule has 0 atom stereocenters. The predicted octanol–water partition coefficient (Wildman–Crippen LogP) is 3.28. The molecule has 3 nitrogen and oxygen atoms in total. The molecule has 1 heterocycles. The lowest BCUT2D eigenvalue weighted by molar-refractivity contribution is 0.414. The number of nitrogens with zero attached hydrogens (tertiary/aromatic N) is 2. The van der Waals surface area contributed by atoms with E-state index in [4.69, 9.17) is 5.73 Å². The molecule has 0 aliphatic heterocycles. The molecule has 86 valence electrons. The number of hydrogen-bond acceptors (Lipinski definition) is 2. The molecule has 0 spiro atoms. The molecule has 0 aliphatic rings. The topological polar surface area (TPSA) is 43.8 Å². The Morgan fingerprint density at radius 1 is 1.38 bits per heavy atom. The van der Waals surface area contributed by atoms with Crippen molar-refractivity contribution in [1.82, 2.24) is 9.55 Å². The van der Waals surface area contributed by atoms with Crippen molar-refractivity contribution in [2.75, 3.05) is 5.73 Å². The van der Waals surface area contributed by atoms with Crippen molar-refractivity contribution >= 4 is 32.9 Å². The van der Waals surface area contributed by atoms with Gasteiger partial charge < -0.3 is 10.3 Å². The van der Waals surface area contributed by atoms with Crippen LogP contribution in [-0.2, 0) is 5.54 Å². The Kier molecular flexibility index (Phi) is 2.45. The first-order valence-electron chi connectivity index (χ1n) is 4.94.